The molecule has 2 aromatic carbocycles. The number of methoxy groups -OCH3 is 1. The number of nitrogens with zero attached hydrogens (tertiary/aromatic N) is 2. The number of para-hydroxylation sites is 1. The quantitative estimate of drug-likeness (QED) is 0.449. The summed E-state index contributed by atoms with van der Waals surface area (Å²) >= 11 is 1.10. The highest BCUT2D eigenvalue weighted by molar-refractivity contribution is 7.07. The van der Waals surface area contributed by atoms with Crippen LogP contribution < -0.4 is 24.4 Å². The minimum atomic E-state index is -3.01. The van der Waals surface area contributed by atoms with Gasteiger partial charge in [-0.3, -0.25) is 9.36 Å². The number of alkyl halides is 2. The molecule has 0 aliphatic carbocycles. The lowest BCUT2D eigenvalue weighted by molar-refractivity contribution is -0.143. The van der Waals surface area contributed by atoms with Crippen molar-refractivity contribution in [2.24, 2.45) is 4.99 Å². The van der Waals surface area contributed by atoms with Crippen LogP contribution in [0.3, 0.4) is 0 Å². The number of fused-ring (bicyclic) bond motifs is 1. The van der Waals surface area contributed by atoms with Crippen molar-refractivity contribution in [2.45, 2.75) is 39.5 Å². The van der Waals surface area contributed by atoms with Gasteiger partial charge in [0.25, 0.3) is 5.56 Å². The number of benzene rings is 2. The van der Waals surface area contributed by atoms with E-state index >= 15 is 0 Å². The van der Waals surface area contributed by atoms with Gasteiger partial charge in [-0.15, -0.1) is 0 Å². The molecule has 1 atom stereocenters. The number of esters is 1. The number of halogens is 2. The van der Waals surface area contributed by atoms with E-state index in [1.807, 2.05) is 0 Å². The van der Waals surface area contributed by atoms with E-state index in [1.165, 1.54) is 16.7 Å². The number of hydrogen-bond donors (Lipinski definition) is 0. The van der Waals surface area contributed by atoms with Crippen molar-refractivity contribution in [3.05, 3.63) is 90.6 Å². The minimum absolute atomic E-state index is 0.0533. The molecule has 188 valence electrons. The van der Waals surface area contributed by atoms with Crippen LogP contribution in [-0.2, 0) is 9.53 Å². The molecule has 2 heterocycles. The van der Waals surface area contributed by atoms with Crippen LogP contribution in [0.25, 0.3) is 6.08 Å². The Bertz CT molecular complexity index is 1490. The Morgan fingerprint density at radius 3 is 2.47 bits per heavy atom. The van der Waals surface area contributed by atoms with Crippen molar-refractivity contribution >= 4 is 23.4 Å². The number of hydrogen-bond acceptors (Lipinski definition) is 7. The van der Waals surface area contributed by atoms with Crippen molar-refractivity contribution in [1.29, 1.82) is 0 Å². The number of aromatic nitrogens is 1. The molecule has 0 radical (unpaired) electrons. The van der Waals surface area contributed by atoms with Crippen molar-refractivity contribution in [1.82, 2.24) is 4.57 Å². The van der Waals surface area contributed by atoms with Crippen LogP contribution in [-0.4, -0.2) is 30.4 Å². The molecule has 1 aliphatic heterocycles. The normalized spacial score (nSPS) is 15.7. The van der Waals surface area contributed by atoms with Gasteiger partial charge in [0.15, 0.2) is 4.80 Å². The lowest BCUT2D eigenvalue weighted by Gasteiger charge is -2.25. The summed E-state index contributed by atoms with van der Waals surface area (Å²) in [6.07, 6.45) is 1.11. The summed E-state index contributed by atoms with van der Waals surface area (Å²) in [6.45, 7) is 2.17. The molecule has 1 aromatic heterocycles. The summed E-state index contributed by atoms with van der Waals surface area (Å²) in [6, 6.07) is 12.4. The van der Waals surface area contributed by atoms with E-state index < -0.39 is 24.2 Å². The van der Waals surface area contributed by atoms with E-state index in [1.54, 1.807) is 70.3 Å². The molecule has 4 rings (SSSR count). The first-order chi connectivity index (χ1) is 17.2. The van der Waals surface area contributed by atoms with Gasteiger partial charge >= 0.3 is 12.6 Å². The van der Waals surface area contributed by atoms with E-state index in [0.717, 1.165) is 11.3 Å². The van der Waals surface area contributed by atoms with E-state index in [2.05, 4.69) is 9.73 Å². The second kappa shape index (κ2) is 10.4. The monoisotopic (exact) mass is 514 g/mol. The van der Waals surface area contributed by atoms with Crippen molar-refractivity contribution in [3.63, 3.8) is 0 Å². The molecule has 0 saturated heterocycles. The van der Waals surface area contributed by atoms with E-state index in [4.69, 9.17) is 9.47 Å². The third-order valence-corrected chi connectivity index (χ3v) is 6.42. The highest BCUT2D eigenvalue weighted by Crippen LogP contribution is 2.32. The van der Waals surface area contributed by atoms with Crippen LogP contribution in [0.4, 0.5) is 8.78 Å². The molecule has 0 bridgehead atoms. The van der Waals surface area contributed by atoms with Gasteiger partial charge in [-0.1, -0.05) is 41.7 Å². The molecule has 0 spiro atoms. The van der Waals surface area contributed by atoms with Gasteiger partial charge in [0, 0.05) is 5.56 Å². The Hall–Kier alpha value is -3.79. The third kappa shape index (κ3) is 5.08. The van der Waals surface area contributed by atoms with Crippen LogP contribution in [0.2, 0.25) is 0 Å². The van der Waals surface area contributed by atoms with Crippen molar-refractivity contribution in [3.8, 4) is 11.5 Å². The lowest BCUT2D eigenvalue weighted by atomic mass is 9.96. The Morgan fingerprint density at radius 1 is 1.14 bits per heavy atom. The zero-order valence-electron chi connectivity index (χ0n) is 20.0. The third-order valence-electron chi connectivity index (χ3n) is 5.44. The van der Waals surface area contributed by atoms with Gasteiger partial charge in [-0.05, 0) is 50.6 Å². The topological polar surface area (TPSA) is 79.1 Å². The van der Waals surface area contributed by atoms with Gasteiger partial charge in [-0.25, -0.2) is 9.79 Å². The molecule has 3 aromatic rings. The smallest absolute Gasteiger partial charge is 0.387 e. The molecule has 0 amide bonds. The van der Waals surface area contributed by atoms with Crippen molar-refractivity contribution in [2.75, 3.05) is 7.11 Å². The summed E-state index contributed by atoms with van der Waals surface area (Å²) < 4.78 is 42.8. The number of ether oxygens (including phenoxy) is 3. The largest absolute Gasteiger partial charge is 0.497 e. The Balaban J connectivity index is 1.92. The van der Waals surface area contributed by atoms with Gasteiger partial charge < -0.3 is 14.2 Å². The average Bonchev–Trinajstić information content (AvgIpc) is 3.13. The summed E-state index contributed by atoms with van der Waals surface area (Å²) in [5.41, 5.74) is 1.23. The second-order valence-corrected chi connectivity index (χ2v) is 9.23. The zero-order chi connectivity index (χ0) is 26.0. The molecular weight excluding hydrogens is 490 g/mol. The number of carbonyl (C=O) groups excluding carboxylic acids is 1. The number of allylic oxidation sites excluding steroid dienone is 1. The summed E-state index contributed by atoms with van der Waals surface area (Å²) in [7, 11) is 1.54. The summed E-state index contributed by atoms with van der Waals surface area (Å²) in [5, 5.41) is 0. The number of thiazole rings is 1. The first kappa shape index (κ1) is 25.3. The van der Waals surface area contributed by atoms with E-state index in [9.17, 15) is 18.4 Å². The average molecular weight is 515 g/mol. The SMILES string of the molecule is COc1ccc([C@H]2C(C(=O)OC(C)C)=C(C)N=c3s/c(=C/c4ccccc4OC(F)F)c(=O)n32)cc1. The standard InChI is InChI=1S/C26H24F2N2O5S/c1-14(2)34-24(32)21-15(3)29-26-30(22(21)16-9-11-18(33-4)12-10-16)23(31)20(36-26)13-17-7-5-6-8-19(17)35-25(27)28/h5-14,22,25H,1-4H3/b20-13+/t22-/m0/s1. The van der Waals surface area contributed by atoms with Gasteiger partial charge in [0.1, 0.15) is 11.5 Å². The Morgan fingerprint density at radius 2 is 1.83 bits per heavy atom. The molecule has 7 nitrogen and oxygen atoms in total. The summed E-state index contributed by atoms with van der Waals surface area (Å²) in [4.78, 5) is 31.7. The number of carbonyl (C=O) groups is 1. The predicted molar refractivity (Wildman–Crippen MR) is 131 cm³/mol. The van der Waals surface area contributed by atoms with Crippen molar-refractivity contribution < 1.29 is 27.8 Å². The molecule has 0 unspecified atom stereocenters. The Labute approximate surface area is 209 Å². The first-order valence-electron chi connectivity index (χ1n) is 11.1. The van der Waals surface area contributed by atoms with E-state index in [0.29, 0.717) is 27.4 Å². The fourth-order valence-electron chi connectivity index (χ4n) is 3.91. The zero-order valence-corrected chi connectivity index (χ0v) is 20.8. The highest BCUT2D eigenvalue weighted by Gasteiger charge is 2.33. The predicted octanol–water partition coefficient (Wildman–Crippen LogP) is 3.80. The molecule has 36 heavy (non-hydrogen) atoms. The molecule has 10 heteroatoms. The first-order valence-corrected chi connectivity index (χ1v) is 11.9. The highest BCUT2D eigenvalue weighted by atomic mass is 32.1. The van der Waals surface area contributed by atoms with Crippen LogP contribution in [0.15, 0.2) is 69.6 Å². The maximum Gasteiger partial charge on any atom is 0.387 e. The summed E-state index contributed by atoms with van der Waals surface area (Å²) in [5.74, 6) is -0.00625. The number of rotatable bonds is 7. The van der Waals surface area contributed by atoms with Crippen LogP contribution >= 0.6 is 11.3 Å². The second-order valence-electron chi connectivity index (χ2n) is 8.23. The van der Waals surface area contributed by atoms with Gasteiger partial charge in [0.05, 0.1) is 35.1 Å². The maximum atomic E-state index is 13.6. The molecule has 0 N–H and O–H groups in total. The molecule has 1 aliphatic rings. The van der Waals surface area contributed by atoms with Crippen LogP contribution in [0.1, 0.15) is 37.9 Å². The van der Waals surface area contributed by atoms with Crippen LogP contribution in [0.5, 0.6) is 11.5 Å². The maximum absolute atomic E-state index is 13.6. The van der Waals surface area contributed by atoms with Crippen LogP contribution in [0, 0.1) is 0 Å². The molecule has 0 saturated carbocycles. The Kier molecular flexibility index (Phi) is 7.35. The fraction of sp³-hybridized carbons (Fsp3) is 0.269. The van der Waals surface area contributed by atoms with Gasteiger partial charge in [0.2, 0.25) is 0 Å². The lowest BCUT2D eigenvalue weighted by Crippen LogP contribution is -2.40. The minimum Gasteiger partial charge on any atom is -0.497 e. The fourth-order valence-corrected chi connectivity index (χ4v) is 4.94. The van der Waals surface area contributed by atoms with Gasteiger partial charge in [-0.2, -0.15) is 8.78 Å². The molecule has 0 fully saturated rings. The van der Waals surface area contributed by atoms with E-state index in [-0.39, 0.29) is 22.0 Å². The molecular formula is C26H24F2N2O5S.